The van der Waals surface area contributed by atoms with E-state index < -0.39 is 74.1 Å². The van der Waals surface area contributed by atoms with Crippen molar-refractivity contribution in [2.45, 2.75) is 114 Å². The Morgan fingerprint density at radius 2 is 1.87 bits per heavy atom. The lowest BCUT2D eigenvalue weighted by Gasteiger charge is -2.36. The Morgan fingerprint density at radius 3 is 2.58 bits per heavy atom. The number of pyridine rings is 1. The van der Waals surface area contributed by atoms with Crippen LogP contribution in [-0.2, 0) is 29.1 Å². The van der Waals surface area contributed by atoms with E-state index in [1.807, 2.05) is 51.1 Å². The summed E-state index contributed by atoms with van der Waals surface area (Å²) in [6.45, 7) is 9.25. The van der Waals surface area contributed by atoms with Crippen LogP contribution < -0.4 is 20.1 Å². The maximum atomic E-state index is 14.6. The van der Waals surface area contributed by atoms with Gasteiger partial charge in [0.05, 0.1) is 11.8 Å². The molecule has 5 aliphatic rings. The number of ether oxygens (including phenoxy) is 2. The third kappa shape index (κ3) is 7.65. The summed E-state index contributed by atoms with van der Waals surface area (Å²) in [7, 11) is -3.89. The van der Waals surface area contributed by atoms with Crippen LogP contribution in [0.4, 0.5) is 4.79 Å². The predicted molar refractivity (Wildman–Crippen MR) is 198 cm³/mol. The van der Waals surface area contributed by atoms with Crippen LogP contribution in [0.3, 0.4) is 0 Å². The Balaban J connectivity index is 1.23. The second-order valence-corrected chi connectivity index (χ2v) is 18.3. The summed E-state index contributed by atoms with van der Waals surface area (Å²) in [5.41, 5.74) is -1.38. The van der Waals surface area contributed by atoms with Crippen molar-refractivity contribution in [2.75, 3.05) is 6.54 Å². The van der Waals surface area contributed by atoms with Gasteiger partial charge in [0.1, 0.15) is 29.8 Å². The fourth-order valence-corrected chi connectivity index (χ4v) is 9.35. The van der Waals surface area contributed by atoms with E-state index in [9.17, 15) is 27.6 Å². The molecule has 3 heterocycles. The molecule has 13 nitrogen and oxygen atoms in total. The third-order valence-corrected chi connectivity index (χ3v) is 13.2. The zero-order valence-electron chi connectivity index (χ0n) is 30.5. The Labute approximate surface area is 310 Å². The minimum atomic E-state index is -3.89. The molecule has 1 aromatic carbocycles. The normalized spacial score (nSPS) is 31.2. The number of hydrogen-bond donors (Lipinski definition) is 3. The summed E-state index contributed by atoms with van der Waals surface area (Å²) < 4.78 is 40.1. The summed E-state index contributed by atoms with van der Waals surface area (Å²) in [4.78, 5) is 62.0. The number of amides is 4. The van der Waals surface area contributed by atoms with Crippen LogP contribution in [0.1, 0.15) is 84.1 Å². The number of benzene rings is 1. The molecule has 1 saturated heterocycles. The first-order chi connectivity index (χ1) is 25.2. The predicted octanol–water partition coefficient (Wildman–Crippen LogP) is 4.37. The lowest BCUT2D eigenvalue weighted by molar-refractivity contribution is -0.143. The summed E-state index contributed by atoms with van der Waals surface area (Å²) in [5, 5.41) is 6.72. The number of carbonyl (C=O) groups is 4. The molecule has 0 unspecified atom stereocenters. The van der Waals surface area contributed by atoms with E-state index >= 15 is 0 Å². The molecular weight excluding hydrogens is 699 g/mol. The minimum Gasteiger partial charge on any atom is -0.472 e. The molecule has 3 saturated carbocycles. The molecule has 0 radical (unpaired) electrons. The smallest absolute Gasteiger partial charge is 0.408 e. The number of nitrogens with one attached hydrogen (secondary N) is 3. The number of nitrogens with zero attached hydrogens (tertiary/aromatic N) is 2. The van der Waals surface area contributed by atoms with Crippen molar-refractivity contribution in [3.63, 3.8) is 0 Å². The SMILES string of the molecule is C=C[C@@H]1C[C@]1(NC(=O)[C@@H]1C[C@@H]2CN1C(=O)[C@H](C(C)(C)C)NC(=O)O[C@@H]1CCCC[C@H]1C/C=C/c1ccc3ccnc(c3c1)O2)C(=O)NS(=O)(=O)C1CC1. The van der Waals surface area contributed by atoms with Crippen molar-refractivity contribution in [3.05, 3.63) is 54.8 Å². The molecular formula is C39H49N5O8S. The fraction of sp³-hybridized carbons (Fsp3) is 0.564. The van der Waals surface area contributed by atoms with Gasteiger partial charge >= 0.3 is 6.09 Å². The monoisotopic (exact) mass is 747 g/mol. The van der Waals surface area contributed by atoms with Gasteiger partial charge in [-0.2, -0.15) is 0 Å². The van der Waals surface area contributed by atoms with Crippen molar-refractivity contribution in [2.24, 2.45) is 17.3 Å². The fourth-order valence-electron chi connectivity index (χ4n) is 7.99. The highest BCUT2D eigenvalue weighted by Gasteiger charge is 2.62. The van der Waals surface area contributed by atoms with E-state index in [4.69, 9.17) is 9.47 Å². The molecule has 7 atom stereocenters. The number of alkyl carbamates (subject to hydrolysis) is 1. The van der Waals surface area contributed by atoms with Gasteiger partial charge in [-0.15, -0.1) is 6.58 Å². The summed E-state index contributed by atoms with van der Waals surface area (Å²) in [6.07, 6.45) is 11.1. The van der Waals surface area contributed by atoms with Crippen LogP contribution in [0.15, 0.2) is 49.2 Å². The van der Waals surface area contributed by atoms with Gasteiger partial charge in [0, 0.05) is 23.9 Å². The zero-order valence-corrected chi connectivity index (χ0v) is 31.3. The van der Waals surface area contributed by atoms with Crippen molar-refractivity contribution in [1.29, 1.82) is 0 Å². The average molecular weight is 748 g/mol. The molecule has 2 aliphatic heterocycles. The first-order valence-electron chi connectivity index (χ1n) is 18.7. The van der Waals surface area contributed by atoms with Crippen molar-refractivity contribution in [3.8, 4) is 5.88 Å². The van der Waals surface area contributed by atoms with Crippen molar-refractivity contribution in [1.82, 2.24) is 25.2 Å². The first-order valence-corrected chi connectivity index (χ1v) is 20.2. The summed E-state index contributed by atoms with van der Waals surface area (Å²) in [6, 6.07) is 5.70. The van der Waals surface area contributed by atoms with Crippen LogP contribution in [0.2, 0.25) is 0 Å². The number of hydrogen-bond acceptors (Lipinski definition) is 9. The molecule has 3 aliphatic carbocycles. The highest BCUT2D eigenvalue weighted by molar-refractivity contribution is 7.91. The quantitative estimate of drug-likeness (QED) is 0.363. The molecule has 53 heavy (non-hydrogen) atoms. The molecule has 7 rings (SSSR count). The largest absolute Gasteiger partial charge is 0.472 e. The van der Waals surface area contributed by atoms with Crippen LogP contribution >= 0.6 is 0 Å². The van der Waals surface area contributed by atoms with Crippen LogP contribution in [0, 0.1) is 17.3 Å². The number of carbonyl (C=O) groups excluding carboxylic acids is 4. The maximum Gasteiger partial charge on any atom is 0.408 e. The number of fused-ring (bicyclic) bond motifs is 4. The van der Waals surface area contributed by atoms with Crippen LogP contribution in [0.5, 0.6) is 5.88 Å². The Morgan fingerprint density at radius 1 is 1.09 bits per heavy atom. The highest BCUT2D eigenvalue weighted by atomic mass is 32.2. The Bertz CT molecular complexity index is 1960. The minimum absolute atomic E-state index is 0.0112. The third-order valence-electron chi connectivity index (χ3n) is 11.4. The van der Waals surface area contributed by atoms with Gasteiger partial charge in [0.2, 0.25) is 27.7 Å². The molecule has 0 spiro atoms. The van der Waals surface area contributed by atoms with Gasteiger partial charge in [0.25, 0.3) is 5.91 Å². The summed E-state index contributed by atoms with van der Waals surface area (Å²) in [5.74, 6) is -2.01. The van der Waals surface area contributed by atoms with E-state index in [0.717, 1.165) is 48.4 Å². The Hall–Kier alpha value is -4.46. The number of allylic oxidation sites excluding steroid dienone is 1. The van der Waals surface area contributed by atoms with Gasteiger partial charge in [-0.3, -0.25) is 19.1 Å². The second kappa shape index (κ2) is 14.1. The van der Waals surface area contributed by atoms with E-state index in [-0.39, 0.29) is 31.4 Å². The number of rotatable bonds is 6. The van der Waals surface area contributed by atoms with Crippen molar-refractivity contribution >= 4 is 50.7 Å². The van der Waals surface area contributed by atoms with Gasteiger partial charge in [-0.1, -0.05) is 57.6 Å². The highest BCUT2D eigenvalue weighted by Crippen LogP contribution is 2.45. The molecule has 3 N–H and O–H groups in total. The standard InChI is InChI=1S/C39H49N5O8S/c1-5-26-21-39(26,36(47)43-53(49,50)28-15-16-28)42-33(45)30-20-27-22-44(30)35(46)32(38(2,3)4)41-37(48)52-31-12-7-6-10-25(31)11-8-9-23-13-14-24-17-18-40-34(51-27)29(24)19-23/h5,8-9,13-14,17-19,25-28,30-32H,1,6-7,10-12,15-16,20-22H2,2-4H3,(H,41,48)(H,42,45)(H,43,47)/b9-8+/t25-,26+,27+,30-,31+,32+,39+/m0/s1. The molecule has 284 valence electrons. The second-order valence-electron chi connectivity index (χ2n) is 16.3. The van der Waals surface area contributed by atoms with E-state index in [2.05, 4.69) is 33.0 Å². The molecule has 14 heteroatoms. The topological polar surface area (TPSA) is 173 Å². The molecule has 4 amide bonds. The van der Waals surface area contributed by atoms with E-state index in [1.54, 1.807) is 6.20 Å². The number of aromatic nitrogens is 1. The zero-order chi connectivity index (χ0) is 37.7. The molecule has 4 bridgehead atoms. The van der Waals surface area contributed by atoms with Gasteiger partial charge < -0.3 is 25.0 Å². The van der Waals surface area contributed by atoms with Crippen LogP contribution in [-0.4, -0.2) is 83.7 Å². The molecule has 2 aromatic rings. The summed E-state index contributed by atoms with van der Waals surface area (Å²) >= 11 is 0. The number of sulfonamides is 1. The van der Waals surface area contributed by atoms with Crippen molar-refractivity contribution < 1.29 is 37.1 Å². The van der Waals surface area contributed by atoms with Gasteiger partial charge in [0.15, 0.2) is 0 Å². The molecule has 4 fully saturated rings. The van der Waals surface area contributed by atoms with E-state index in [1.165, 1.54) is 11.0 Å². The maximum absolute atomic E-state index is 14.6. The van der Waals surface area contributed by atoms with Gasteiger partial charge in [-0.05, 0) is 79.4 Å². The van der Waals surface area contributed by atoms with Crippen LogP contribution in [0.25, 0.3) is 16.8 Å². The molecule has 1 aromatic heterocycles. The average Bonchev–Trinajstić information content (AvgIpc) is 4.04. The Kier molecular flexibility index (Phi) is 9.79. The van der Waals surface area contributed by atoms with Gasteiger partial charge in [-0.25, -0.2) is 18.2 Å². The van der Waals surface area contributed by atoms with E-state index in [0.29, 0.717) is 18.7 Å². The first kappa shape index (κ1) is 36.9. The lowest BCUT2D eigenvalue weighted by Crippen LogP contribution is -2.60. The lowest BCUT2D eigenvalue weighted by atomic mass is 9.84.